The van der Waals surface area contributed by atoms with Crippen LogP contribution in [0.15, 0.2) is 89.9 Å². The van der Waals surface area contributed by atoms with E-state index in [9.17, 15) is 10.1 Å². The third-order valence-electron chi connectivity index (χ3n) is 3.64. The molecular formula is C20H15N3O2S. The SMILES string of the molecule is O=[N+]([O-])c1ccc(NC(=S)N=C(c2ccccc2)c2ccccc2)cc1. The number of nitrogens with one attached hydrogen (secondary N) is 1. The number of non-ortho nitro benzene ring substituents is 1. The zero-order valence-electron chi connectivity index (χ0n) is 13.7. The highest BCUT2D eigenvalue weighted by atomic mass is 32.1. The van der Waals surface area contributed by atoms with Crippen molar-refractivity contribution >= 4 is 34.4 Å². The molecule has 0 spiro atoms. The van der Waals surface area contributed by atoms with E-state index in [4.69, 9.17) is 12.2 Å². The number of benzene rings is 3. The summed E-state index contributed by atoms with van der Waals surface area (Å²) in [6.07, 6.45) is 0. The van der Waals surface area contributed by atoms with E-state index >= 15 is 0 Å². The molecule has 0 atom stereocenters. The number of nitro groups is 1. The lowest BCUT2D eigenvalue weighted by molar-refractivity contribution is -0.384. The predicted octanol–water partition coefficient (Wildman–Crippen LogP) is 4.83. The molecule has 0 radical (unpaired) electrons. The Morgan fingerprint density at radius 3 is 1.81 bits per heavy atom. The van der Waals surface area contributed by atoms with E-state index < -0.39 is 4.92 Å². The van der Waals surface area contributed by atoms with Gasteiger partial charge in [0.05, 0.1) is 10.6 Å². The molecule has 128 valence electrons. The van der Waals surface area contributed by atoms with Gasteiger partial charge in [0.25, 0.3) is 5.69 Å². The van der Waals surface area contributed by atoms with Crippen LogP contribution in [0.4, 0.5) is 11.4 Å². The van der Waals surface area contributed by atoms with Gasteiger partial charge < -0.3 is 5.32 Å². The summed E-state index contributed by atoms with van der Waals surface area (Å²) >= 11 is 5.36. The van der Waals surface area contributed by atoms with E-state index in [0.29, 0.717) is 5.69 Å². The van der Waals surface area contributed by atoms with Crippen LogP contribution >= 0.6 is 12.2 Å². The van der Waals surface area contributed by atoms with Crippen LogP contribution in [0.3, 0.4) is 0 Å². The number of hydrogen-bond acceptors (Lipinski definition) is 3. The number of hydrogen-bond donors (Lipinski definition) is 1. The van der Waals surface area contributed by atoms with Crippen LogP contribution in [0.5, 0.6) is 0 Å². The number of nitro benzene ring substituents is 1. The molecule has 0 bridgehead atoms. The van der Waals surface area contributed by atoms with Crippen molar-refractivity contribution in [1.82, 2.24) is 0 Å². The molecule has 6 heteroatoms. The summed E-state index contributed by atoms with van der Waals surface area (Å²) in [5.74, 6) is 0. The van der Waals surface area contributed by atoms with Gasteiger partial charge in [-0.3, -0.25) is 10.1 Å². The molecule has 0 unspecified atom stereocenters. The summed E-state index contributed by atoms with van der Waals surface area (Å²) in [6, 6.07) is 25.6. The Morgan fingerprint density at radius 1 is 0.846 bits per heavy atom. The maximum absolute atomic E-state index is 10.7. The van der Waals surface area contributed by atoms with Crippen LogP contribution in [-0.4, -0.2) is 15.7 Å². The quantitative estimate of drug-likeness (QED) is 0.313. The number of anilines is 1. The molecule has 3 aromatic carbocycles. The first-order valence-electron chi connectivity index (χ1n) is 7.88. The fourth-order valence-electron chi connectivity index (χ4n) is 2.41. The fourth-order valence-corrected chi connectivity index (χ4v) is 2.62. The van der Waals surface area contributed by atoms with Crippen molar-refractivity contribution in [3.63, 3.8) is 0 Å². The van der Waals surface area contributed by atoms with Crippen LogP contribution in [0, 0.1) is 10.1 Å². The number of nitrogens with zero attached hydrogens (tertiary/aromatic N) is 2. The second-order valence-corrected chi connectivity index (χ2v) is 5.81. The first-order valence-corrected chi connectivity index (χ1v) is 8.29. The Balaban J connectivity index is 1.87. The molecule has 0 saturated heterocycles. The van der Waals surface area contributed by atoms with Gasteiger partial charge in [0.15, 0.2) is 5.11 Å². The highest BCUT2D eigenvalue weighted by molar-refractivity contribution is 7.80. The van der Waals surface area contributed by atoms with Crippen molar-refractivity contribution in [1.29, 1.82) is 0 Å². The monoisotopic (exact) mass is 361 g/mol. The van der Waals surface area contributed by atoms with Gasteiger partial charge in [-0.15, -0.1) is 0 Å². The first-order chi connectivity index (χ1) is 12.6. The smallest absolute Gasteiger partial charge is 0.269 e. The molecule has 0 amide bonds. The fraction of sp³-hybridized carbons (Fsp3) is 0. The minimum atomic E-state index is -0.441. The molecule has 3 rings (SSSR count). The Labute approximate surface area is 156 Å². The Kier molecular flexibility index (Phi) is 5.46. The maximum Gasteiger partial charge on any atom is 0.269 e. The molecule has 0 aliphatic carbocycles. The predicted molar refractivity (Wildman–Crippen MR) is 108 cm³/mol. The summed E-state index contributed by atoms with van der Waals surface area (Å²) in [7, 11) is 0. The van der Waals surface area contributed by atoms with E-state index in [1.807, 2.05) is 60.7 Å². The van der Waals surface area contributed by atoms with E-state index in [1.54, 1.807) is 12.1 Å². The van der Waals surface area contributed by atoms with Gasteiger partial charge in [-0.05, 0) is 24.4 Å². The number of rotatable bonds is 4. The average molecular weight is 361 g/mol. The Morgan fingerprint density at radius 2 is 1.35 bits per heavy atom. The summed E-state index contributed by atoms with van der Waals surface area (Å²) in [6.45, 7) is 0. The van der Waals surface area contributed by atoms with Gasteiger partial charge in [-0.25, -0.2) is 4.99 Å². The summed E-state index contributed by atoms with van der Waals surface area (Å²) in [5.41, 5.74) is 3.33. The van der Waals surface area contributed by atoms with Gasteiger partial charge in [0.2, 0.25) is 0 Å². The molecule has 0 aromatic heterocycles. The van der Waals surface area contributed by atoms with Crippen molar-refractivity contribution in [3.8, 4) is 0 Å². The molecule has 0 heterocycles. The van der Waals surface area contributed by atoms with Crippen LogP contribution in [0.25, 0.3) is 0 Å². The second-order valence-electron chi connectivity index (χ2n) is 5.43. The molecular weight excluding hydrogens is 346 g/mol. The van der Waals surface area contributed by atoms with Crippen LogP contribution in [0.1, 0.15) is 11.1 Å². The topological polar surface area (TPSA) is 67.5 Å². The Hall–Kier alpha value is -3.38. The highest BCUT2D eigenvalue weighted by Crippen LogP contribution is 2.16. The molecule has 26 heavy (non-hydrogen) atoms. The van der Waals surface area contributed by atoms with Crippen LogP contribution in [-0.2, 0) is 0 Å². The van der Waals surface area contributed by atoms with Crippen molar-refractivity contribution < 1.29 is 4.92 Å². The summed E-state index contributed by atoms with van der Waals surface area (Å²) in [4.78, 5) is 14.9. The second kappa shape index (κ2) is 8.13. The van der Waals surface area contributed by atoms with Crippen molar-refractivity contribution in [2.45, 2.75) is 0 Å². The van der Waals surface area contributed by atoms with Crippen LogP contribution < -0.4 is 5.32 Å². The third-order valence-corrected chi connectivity index (χ3v) is 3.83. The average Bonchev–Trinajstić information content (AvgIpc) is 2.68. The summed E-state index contributed by atoms with van der Waals surface area (Å²) in [5, 5.41) is 14.0. The van der Waals surface area contributed by atoms with Gasteiger partial charge in [0, 0.05) is 28.9 Å². The van der Waals surface area contributed by atoms with E-state index in [2.05, 4.69) is 10.3 Å². The van der Waals surface area contributed by atoms with Gasteiger partial charge in [-0.1, -0.05) is 60.7 Å². The molecule has 0 saturated carbocycles. The first kappa shape index (κ1) is 17.4. The number of thiocarbonyl (C=S) groups is 1. The van der Waals surface area contributed by atoms with Crippen molar-refractivity contribution in [3.05, 3.63) is 106 Å². The molecule has 0 fully saturated rings. The van der Waals surface area contributed by atoms with Gasteiger partial charge in [-0.2, -0.15) is 0 Å². The largest absolute Gasteiger partial charge is 0.331 e. The summed E-state index contributed by atoms with van der Waals surface area (Å²) < 4.78 is 0. The lowest BCUT2D eigenvalue weighted by atomic mass is 10.0. The van der Waals surface area contributed by atoms with Crippen LogP contribution in [0.2, 0.25) is 0 Å². The minimum absolute atomic E-state index is 0.0271. The lowest BCUT2D eigenvalue weighted by Crippen LogP contribution is -2.12. The Bertz CT molecular complexity index is 898. The van der Waals surface area contributed by atoms with Gasteiger partial charge >= 0.3 is 0 Å². The molecule has 3 aromatic rings. The zero-order chi connectivity index (χ0) is 18.4. The molecule has 0 aliphatic rings. The van der Waals surface area contributed by atoms with E-state index in [0.717, 1.165) is 16.8 Å². The maximum atomic E-state index is 10.7. The van der Waals surface area contributed by atoms with Crippen molar-refractivity contribution in [2.24, 2.45) is 4.99 Å². The highest BCUT2D eigenvalue weighted by Gasteiger charge is 2.09. The van der Waals surface area contributed by atoms with Crippen molar-refractivity contribution in [2.75, 3.05) is 5.32 Å². The number of aliphatic imine (C=N–C) groups is 1. The molecule has 1 N–H and O–H groups in total. The molecule has 0 aliphatic heterocycles. The standard InChI is InChI=1S/C20H15N3O2S/c24-23(25)18-13-11-17(12-14-18)21-20(26)22-19(15-7-3-1-4-8-15)16-9-5-2-6-10-16/h1-14H,(H,21,26). The lowest BCUT2D eigenvalue weighted by Gasteiger charge is -2.09. The third kappa shape index (κ3) is 4.37. The van der Waals surface area contributed by atoms with E-state index in [1.165, 1.54) is 12.1 Å². The van der Waals surface area contributed by atoms with Gasteiger partial charge in [0.1, 0.15) is 0 Å². The van der Waals surface area contributed by atoms with E-state index in [-0.39, 0.29) is 10.8 Å². The minimum Gasteiger partial charge on any atom is -0.331 e. The molecule has 5 nitrogen and oxygen atoms in total. The normalized spacial score (nSPS) is 10.0. The zero-order valence-corrected chi connectivity index (χ0v) is 14.5.